The summed E-state index contributed by atoms with van der Waals surface area (Å²) >= 11 is 0. The molecule has 0 amide bonds. The third kappa shape index (κ3) is 3.98. The Balaban J connectivity index is 2.03. The van der Waals surface area contributed by atoms with Crippen molar-refractivity contribution in [2.24, 2.45) is 0 Å². The molecule has 1 atom stereocenters. The highest BCUT2D eigenvalue weighted by molar-refractivity contribution is 5.56. The molecule has 0 saturated carbocycles. The maximum Gasteiger partial charge on any atom is 0.105 e. The maximum absolute atomic E-state index is 9.44. The fraction of sp³-hybridized carbons (Fsp3) is 0.611. The van der Waals surface area contributed by atoms with Crippen LogP contribution in [0, 0.1) is 18.3 Å². The Bertz CT molecular complexity index is 518. The number of anilines is 1. The first-order valence-corrected chi connectivity index (χ1v) is 8.09. The first kappa shape index (κ1) is 15.9. The van der Waals surface area contributed by atoms with E-state index >= 15 is 0 Å². The number of fused-ring (bicyclic) bond motifs is 1. The molecule has 0 aliphatic carbocycles. The summed E-state index contributed by atoms with van der Waals surface area (Å²) in [6.07, 6.45) is 4.30. The number of rotatable bonds is 6. The fourth-order valence-electron chi connectivity index (χ4n) is 2.98. The van der Waals surface area contributed by atoms with E-state index in [1.807, 2.05) is 6.92 Å². The Labute approximate surface area is 129 Å². The Hall–Kier alpha value is -1.53. The van der Waals surface area contributed by atoms with E-state index in [0.29, 0.717) is 0 Å². The molecule has 0 fully saturated rings. The van der Waals surface area contributed by atoms with Crippen molar-refractivity contribution in [3.63, 3.8) is 0 Å². The summed E-state index contributed by atoms with van der Waals surface area (Å²) in [6, 6.07) is 9.19. The molecule has 21 heavy (non-hydrogen) atoms. The van der Waals surface area contributed by atoms with Gasteiger partial charge in [0.2, 0.25) is 0 Å². The summed E-state index contributed by atoms with van der Waals surface area (Å²) in [4.78, 5) is 2.45. The standard InChI is InChI=1S/C18H27N3/c1-4-10-20-18(3,14-19)9-12-21-11-5-6-16-13-15(2)7-8-17(16)21/h7-8,13,20H,4-6,9-12H2,1-3H3. The van der Waals surface area contributed by atoms with Crippen LogP contribution >= 0.6 is 0 Å². The number of aryl methyl sites for hydroxylation is 2. The first-order chi connectivity index (χ1) is 10.1. The van der Waals surface area contributed by atoms with Gasteiger partial charge in [0.1, 0.15) is 5.54 Å². The highest BCUT2D eigenvalue weighted by Crippen LogP contribution is 2.28. The van der Waals surface area contributed by atoms with E-state index in [9.17, 15) is 5.26 Å². The molecule has 1 unspecified atom stereocenters. The summed E-state index contributed by atoms with van der Waals surface area (Å²) < 4.78 is 0. The van der Waals surface area contributed by atoms with Gasteiger partial charge in [-0.05, 0) is 57.7 Å². The summed E-state index contributed by atoms with van der Waals surface area (Å²) in [5, 5.41) is 12.8. The van der Waals surface area contributed by atoms with Crippen LogP contribution < -0.4 is 10.2 Å². The van der Waals surface area contributed by atoms with Crippen LogP contribution in [0.2, 0.25) is 0 Å². The highest BCUT2D eigenvalue weighted by Gasteiger charge is 2.25. The SMILES string of the molecule is CCCNC(C)(C#N)CCN1CCCc2cc(C)ccc21. The summed E-state index contributed by atoms with van der Waals surface area (Å²) in [7, 11) is 0. The number of hydrogen-bond donors (Lipinski definition) is 1. The van der Waals surface area contributed by atoms with Crippen molar-refractivity contribution in [1.29, 1.82) is 5.26 Å². The lowest BCUT2D eigenvalue weighted by Crippen LogP contribution is -2.45. The molecular weight excluding hydrogens is 258 g/mol. The average Bonchev–Trinajstić information content (AvgIpc) is 2.50. The predicted molar refractivity (Wildman–Crippen MR) is 88.6 cm³/mol. The van der Waals surface area contributed by atoms with Gasteiger partial charge in [-0.3, -0.25) is 5.32 Å². The molecule has 114 valence electrons. The summed E-state index contributed by atoms with van der Waals surface area (Å²) in [6.45, 7) is 9.25. The lowest BCUT2D eigenvalue weighted by molar-refractivity contribution is 0.416. The number of nitrogens with zero attached hydrogens (tertiary/aromatic N) is 2. The van der Waals surface area contributed by atoms with Gasteiger partial charge in [-0.1, -0.05) is 24.6 Å². The van der Waals surface area contributed by atoms with Gasteiger partial charge >= 0.3 is 0 Å². The molecule has 0 aromatic heterocycles. The molecule has 1 aromatic rings. The zero-order chi connectivity index (χ0) is 15.3. The van der Waals surface area contributed by atoms with Gasteiger partial charge in [-0.2, -0.15) is 5.26 Å². The molecule has 1 N–H and O–H groups in total. The van der Waals surface area contributed by atoms with Crippen molar-refractivity contribution in [2.45, 2.75) is 52.0 Å². The van der Waals surface area contributed by atoms with Gasteiger partial charge in [0, 0.05) is 18.8 Å². The van der Waals surface area contributed by atoms with Crippen LogP contribution in [0.5, 0.6) is 0 Å². The van der Waals surface area contributed by atoms with Gasteiger partial charge < -0.3 is 4.90 Å². The predicted octanol–water partition coefficient (Wildman–Crippen LogP) is 3.42. The van der Waals surface area contributed by atoms with Crippen molar-refractivity contribution in [3.8, 4) is 6.07 Å². The van der Waals surface area contributed by atoms with Gasteiger partial charge in [-0.15, -0.1) is 0 Å². The zero-order valence-electron chi connectivity index (χ0n) is 13.6. The second-order valence-electron chi connectivity index (χ2n) is 6.34. The molecule has 0 spiro atoms. The van der Waals surface area contributed by atoms with Crippen LogP contribution in [0.15, 0.2) is 18.2 Å². The van der Waals surface area contributed by atoms with Crippen LogP contribution in [-0.4, -0.2) is 25.2 Å². The average molecular weight is 285 g/mol. The van der Waals surface area contributed by atoms with Crippen LogP contribution in [0.25, 0.3) is 0 Å². The van der Waals surface area contributed by atoms with Crippen molar-refractivity contribution in [2.75, 3.05) is 24.5 Å². The second-order valence-corrected chi connectivity index (χ2v) is 6.34. The molecule has 1 aromatic carbocycles. The minimum absolute atomic E-state index is 0.418. The van der Waals surface area contributed by atoms with Crippen molar-refractivity contribution < 1.29 is 0 Å². The number of nitriles is 1. The van der Waals surface area contributed by atoms with Gasteiger partial charge in [-0.25, -0.2) is 0 Å². The topological polar surface area (TPSA) is 39.1 Å². The molecule has 0 radical (unpaired) electrons. The quantitative estimate of drug-likeness (QED) is 0.870. The number of hydrogen-bond acceptors (Lipinski definition) is 3. The summed E-state index contributed by atoms with van der Waals surface area (Å²) in [5.74, 6) is 0. The molecule has 3 heteroatoms. The Kier molecular flexibility index (Phi) is 5.25. The zero-order valence-corrected chi connectivity index (χ0v) is 13.6. The maximum atomic E-state index is 9.44. The van der Waals surface area contributed by atoms with Crippen LogP contribution in [0.3, 0.4) is 0 Å². The van der Waals surface area contributed by atoms with Crippen molar-refractivity contribution in [3.05, 3.63) is 29.3 Å². The fourth-order valence-corrected chi connectivity index (χ4v) is 2.98. The lowest BCUT2D eigenvalue weighted by Gasteiger charge is -2.34. The van der Waals surface area contributed by atoms with E-state index in [1.165, 1.54) is 29.7 Å². The third-order valence-corrected chi connectivity index (χ3v) is 4.34. The minimum atomic E-state index is -0.418. The smallest absolute Gasteiger partial charge is 0.105 e. The van der Waals surface area contributed by atoms with E-state index < -0.39 is 5.54 Å². The van der Waals surface area contributed by atoms with Crippen LogP contribution in [-0.2, 0) is 6.42 Å². The molecule has 3 nitrogen and oxygen atoms in total. The molecule has 1 aliphatic rings. The van der Waals surface area contributed by atoms with Gasteiger partial charge in [0.25, 0.3) is 0 Å². The van der Waals surface area contributed by atoms with Gasteiger partial charge in [0.05, 0.1) is 6.07 Å². The molecule has 2 rings (SSSR count). The van der Waals surface area contributed by atoms with E-state index in [-0.39, 0.29) is 0 Å². The Morgan fingerprint density at radius 3 is 2.95 bits per heavy atom. The molecular formula is C18H27N3. The first-order valence-electron chi connectivity index (χ1n) is 8.09. The summed E-state index contributed by atoms with van der Waals surface area (Å²) in [5.41, 5.74) is 3.74. The minimum Gasteiger partial charge on any atom is -0.371 e. The Morgan fingerprint density at radius 1 is 1.43 bits per heavy atom. The number of benzene rings is 1. The third-order valence-electron chi connectivity index (χ3n) is 4.34. The molecule has 0 saturated heterocycles. The molecule has 1 aliphatic heterocycles. The molecule has 0 bridgehead atoms. The van der Waals surface area contributed by atoms with E-state index in [1.54, 1.807) is 0 Å². The second kappa shape index (κ2) is 6.95. The normalized spacial score (nSPS) is 17.0. The van der Waals surface area contributed by atoms with E-state index in [4.69, 9.17) is 0 Å². The molecule has 1 heterocycles. The number of nitrogens with one attached hydrogen (secondary N) is 1. The largest absolute Gasteiger partial charge is 0.371 e. The van der Waals surface area contributed by atoms with Crippen LogP contribution in [0.1, 0.15) is 44.2 Å². The monoisotopic (exact) mass is 285 g/mol. The van der Waals surface area contributed by atoms with Crippen LogP contribution in [0.4, 0.5) is 5.69 Å². The highest BCUT2D eigenvalue weighted by atomic mass is 15.1. The van der Waals surface area contributed by atoms with Crippen molar-refractivity contribution in [1.82, 2.24) is 5.32 Å². The lowest BCUT2D eigenvalue weighted by atomic mass is 9.96. The Morgan fingerprint density at radius 2 is 2.24 bits per heavy atom. The van der Waals surface area contributed by atoms with Gasteiger partial charge in [0.15, 0.2) is 0 Å². The van der Waals surface area contributed by atoms with E-state index in [2.05, 4.69) is 48.3 Å². The van der Waals surface area contributed by atoms with E-state index in [0.717, 1.165) is 32.5 Å². The van der Waals surface area contributed by atoms with Crippen molar-refractivity contribution >= 4 is 5.69 Å².